The minimum absolute atomic E-state index is 0.943. The van der Waals surface area contributed by atoms with Crippen LogP contribution < -0.4 is 0 Å². The molecule has 3 unspecified atom stereocenters. The SMILES string of the molecule is CCCCCCCCCCCCCCCCCCCCCCCCC(C)CCCC(C)CCCC(C)CCCCCC. The molecule has 0 N–H and O–H groups in total. The smallest absolute Gasteiger partial charge is 0.0443 e. The van der Waals surface area contributed by atoms with Crippen molar-refractivity contribution in [1.29, 1.82) is 0 Å². The molecular weight excluding hydrogens is 504 g/mol. The Morgan fingerprint density at radius 1 is 0.214 bits per heavy atom. The van der Waals surface area contributed by atoms with Crippen molar-refractivity contribution in [2.24, 2.45) is 17.8 Å². The highest BCUT2D eigenvalue weighted by Gasteiger charge is 2.08. The average molecular weight is 591 g/mol. The number of hydrogen-bond acceptors (Lipinski definition) is 0. The molecule has 0 rings (SSSR count). The lowest BCUT2D eigenvalue weighted by Gasteiger charge is -2.16. The second-order valence-electron chi connectivity index (χ2n) is 15.2. The molecule has 0 aromatic rings. The van der Waals surface area contributed by atoms with Gasteiger partial charge in [-0.25, -0.2) is 0 Å². The van der Waals surface area contributed by atoms with Gasteiger partial charge < -0.3 is 0 Å². The summed E-state index contributed by atoms with van der Waals surface area (Å²) in [7, 11) is 0. The monoisotopic (exact) mass is 591 g/mol. The van der Waals surface area contributed by atoms with Crippen LogP contribution in [0.25, 0.3) is 0 Å². The fraction of sp³-hybridized carbons (Fsp3) is 1.00. The van der Waals surface area contributed by atoms with Crippen LogP contribution in [0.5, 0.6) is 0 Å². The predicted molar refractivity (Wildman–Crippen MR) is 196 cm³/mol. The quantitative estimate of drug-likeness (QED) is 0.0637. The molecular formula is C42H86. The zero-order valence-corrected chi connectivity index (χ0v) is 30.8. The van der Waals surface area contributed by atoms with Crippen LogP contribution in [0.3, 0.4) is 0 Å². The van der Waals surface area contributed by atoms with Crippen LogP contribution >= 0.6 is 0 Å². The third kappa shape index (κ3) is 34.5. The zero-order chi connectivity index (χ0) is 30.8. The van der Waals surface area contributed by atoms with Crippen LogP contribution in [-0.4, -0.2) is 0 Å². The van der Waals surface area contributed by atoms with E-state index >= 15 is 0 Å². The van der Waals surface area contributed by atoms with E-state index in [0.29, 0.717) is 0 Å². The summed E-state index contributed by atoms with van der Waals surface area (Å²) in [6, 6.07) is 0. The molecule has 0 aromatic heterocycles. The normalized spacial score (nSPS) is 13.9. The molecule has 0 nitrogen and oxygen atoms in total. The van der Waals surface area contributed by atoms with Gasteiger partial charge in [-0.15, -0.1) is 0 Å². The Hall–Kier alpha value is 0. The lowest BCUT2D eigenvalue weighted by Crippen LogP contribution is -2.01. The van der Waals surface area contributed by atoms with Crippen molar-refractivity contribution in [3.05, 3.63) is 0 Å². The first kappa shape index (κ1) is 42.0. The van der Waals surface area contributed by atoms with Crippen molar-refractivity contribution in [2.45, 2.75) is 253 Å². The fourth-order valence-electron chi connectivity index (χ4n) is 7.08. The Kier molecular flexibility index (Phi) is 35.5. The van der Waals surface area contributed by atoms with E-state index in [2.05, 4.69) is 34.6 Å². The summed E-state index contributed by atoms with van der Waals surface area (Å²) in [5, 5.41) is 0. The van der Waals surface area contributed by atoms with Gasteiger partial charge in [0, 0.05) is 0 Å². The van der Waals surface area contributed by atoms with Crippen molar-refractivity contribution in [1.82, 2.24) is 0 Å². The minimum atomic E-state index is 0.943. The molecule has 0 heterocycles. The van der Waals surface area contributed by atoms with Gasteiger partial charge in [-0.05, 0) is 17.8 Å². The highest BCUT2D eigenvalue weighted by Crippen LogP contribution is 2.23. The molecule has 0 aromatic carbocycles. The van der Waals surface area contributed by atoms with E-state index in [-0.39, 0.29) is 0 Å². The zero-order valence-electron chi connectivity index (χ0n) is 30.8. The van der Waals surface area contributed by atoms with Gasteiger partial charge in [0.1, 0.15) is 0 Å². The Morgan fingerprint density at radius 2 is 0.381 bits per heavy atom. The summed E-state index contributed by atoms with van der Waals surface area (Å²) in [5.74, 6) is 2.84. The maximum absolute atomic E-state index is 2.52. The van der Waals surface area contributed by atoms with E-state index in [0.717, 1.165) is 17.8 Å². The highest BCUT2D eigenvalue weighted by atomic mass is 14.1. The van der Waals surface area contributed by atoms with E-state index < -0.39 is 0 Å². The van der Waals surface area contributed by atoms with Crippen LogP contribution in [0.15, 0.2) is 0 Å². The third-order valence-electron chi connectivity index (χ3n) is 10.4. The molecule has 0 radical (unpaired) electrons. The van der Waals surface area contributed by atoms with E-state index in [1.54, 1.807) is 0 Å². The minimum Gasteiger partial charge on any atom is -0.0654 e. The Bertz CT molecular complexity index is 467. The van der Waals surface area contributed by atoms with Crippen molar-refractivity contribution in [3.8, 4) is 0 Å². The standard InChI is InChI=1S/C42H86/c1-6-8-10-12-13-14-15-16-17-18-19-20-21-22-23-24-25-26-27-28-29-31-35-41(4)37-33-39-42(5)38-32-36-40(3)34-30-11-9-7-2/h40-42H,6-39H2,1-5H3. The summed E-state index contributed by atoms with van der Waals surface area (Å²) in [6.45, 7) is 12.1. The van der Waals surface area contributed by atoms with Crippen LogP contribution in [0.4, 0.5) is 0 Å². The number of hydrogen-bond donors (Lipinski definition) is 0. The summed E-state index contributed by atoms with van der Waals surface area (Å²) in [5.41, 5.74) is 0. The highest BCUT2D eigenvalue weighted by molar-refractivity contribution is 4.61. The van der Waals surface area contributed by atoms with Crippen molar-refractivity contribution >= 4 is 0 Å². The molecule has 0 bridgehead atoms. The molecule has 254 valence electrons. The van der Waals surface area contributed by atoms with Crippen LogP contribution in [-0.2, 0) is 0 Å². The second-order valence-corrected chi connectivity index (χ2v) is 15.2. The van der Waals surface area contributed by atoms with Crippen molar-refractivity contribution in [2.75, 3.05) is 0 Å². The average Bonchev–Trinajstić information content (AvgIpc) is 2.98. The molecule has 3 atom stereocenters. The molecule has 42 heavy (non-hydrogen) atoms. The molecule has 0 aliphatic heterocycles. The van der Waals surface area contributed by atoms with E-state index in [4.69, 9.17) is 0 Å². The summed E-state index contributed by atoms with van der Waals surface area (Å²) in [6.07, 6.45) is 50.0. The first-order valence-corrected chi connectivity index (χ1v) is 20.6. The lowest BCUT2D eigenvalue weighted by molar-refractivity contribution is 0.374. The van der Waals surface area contributed by atoms with Gasteiger partial charge in [0.15, 0.2) is 0 Å². The Morgan fingerprint density at radius 3 is 0.619 bits per heavy atom. The predicted octanol–water partition coefficient (Wildman–Crippen LogP) is 16.2. The van der Waals surface area contributed by atoms with E-state index in [9.17, 15) is 0 Å². The topological polar surface area (TPSA) is 0 Å². The maximum Gasteiger partial charge on any atom is -0.0443 e. The Balaban J connectivity index is 3.27. The number of rotatable bonds is 36. The van der Waals surface area contributed by atoms with Gasteiger partial charge in [0.05, 0.1) is 0 Å². The second kappa shape index (κ2) is 35.5. The van der Waals surface area contributed by atoms with Gasteiger partial charge >= 0.3 is 0 Å². The number of unbranched alkanes of at least 4 members (excludes halogenated alkanes) is 24. The summed E-state index contributed by atoms with van der Waals surface area (Å²) in [4.78, 5) is 0. The van der Waals surface area contributed by atoms with Crippen LogP contribution in [0.2, 0.25) is 0 Å². The largest absolute Gasteiger partial charge is 0.0654 e. The summed E-state index contributed by atoms with van der Waals surface area (Å²) >= 11 is 0. The molecule has 0 amide bonds. The molecule has 0 spiro atoms. The van der Waals surface area contributed by atoms with Gasteiger partial charge in [0.2, 0.25) is 0 Å². The molecule has 0 saturated heterocycles. The fourth-order valence-corrected chi connectivity index (χ4v) is 7.08. The van der Waals surface area contributed by atoms with Crippen LogP contribution in [0.1, 0.15) is 253 Å². The van der Waals surface area contributed by atoms with Gasteiger partial charge in [-0.3, -0.25) is 0 Å². The first-order valence-electron chi connectivity index (χ1n) is 20.6. The first-order chi connectivity index (χ1) is 20.6. The van der Waals surface area contributed by atoms with Crippen molar-refractivity contribution in [3.63, 3.8) is 0 Å². The molecule has 0 saturated carbocycles. The maximum atomic E-state index is 2.52. The molecule has 0 fully saturated rings. The van der Waals surface area contributed by atoms with Gasteiger partial charge in [-0.2, -0.15) is 0 Å². The van der Waals surface area contributed by atoms with Gasteiger partial charge in [-0.1, -0.05) is 253 Å². The lowest BCUT2D eigenvalue weighted by atomic mass is 9.90. The van der Waals surface area contributed by atoms with E-state index in [1.807, 2.05) is 0 Å². The van der Waals surface area contributed by atoms with E-state index in [1.165, 1.54) is 218 Å². The third-order valence-corrected chi connectivity index (χ3v) is 10.4. The molecule has 0 aliphatic rings. The molecule has 0 heteroatoms. The van der Waals surface area contributed by atoms with Crippen molar-refractivity contribution < 1.29 is 0 Å². The van der Waals surface area contributed by atoms with Crippen LogP contribution in [0, 0.1) is 17.8 Å². The van der Waals surface area contributed by atoms with Gasteiger partial charge in [0.25, 0.3) is 0 Å². The molecule has 0 aliphatic carbocycles. The Labute approximate surface area is 270 Å². The summed E-state index contributed by atoms with van der Waals surface area (Å²) < 4.78 is 0.